The summed E-state index contributed by atoms with van der Waals surface area (Å²) in [4.78, 5) is 16.5. The number of rotatable bonds is 2. The molecular weight excluding hydrogens is 402 g/mol. The summed E-state index contributed by atoms with van der Waals surface area (Å²) in [5.41, 5.74) is 0.763. The van der Waals surface area contributed by atoms with Crippen LogP contribution in [0, 0.1) is 0 Å². The van der Waals surface area contributed by atoms with E-state index < -0.39 is 5.63 Å². The van der Waals surface area contributed by atoms with Gasteiger partial charge in [-0.15, -0.1) is 0 Å². The van der Waals surface area contributed by atoms with Gasteiger partial charge in [0, 0.05) is 8.95 Å². The third kappa shape index (κ3) is 2.73. The van der Waals surface area contributed by atoms with Crippen LogP contribution in [0.15, 0.2) is 54.6 Å². The number of fused-ring (bicyclic) bond motifs is 1. The van der Waals surface area contributed by atoms with E-state index in [-0.39, 0.29) is 5.89 Å². The third-order valence-electron chi connectivity index (χ3n) is 2.98. The van der Waals surface area contributed by atoms with E-state index >= 15 is 0 Å². The third-order valence-corrected chi connectivity index (χ3v) is 3.97. The van der Waals surface area contributed by atoms with Crippen molar-refractivity contribution in [3.8, 4) is 17.2 Å². The van der Waals surface area contributed by atoms with E-state index in [1.165, 1.54) is 0 Å². The van der Waals surface area contributed by atoms with E-state index in [9.17, 15) is 4.79 Å². The number of aromatic nitrogens is 1. The van der Waals surface area contributed by atoms with Gasteiger partial charge in [0.15, 0.2) is 0 Å². The zero-order chi connectivity index (χ0) is 15.0. The van der Waals surface area contributed by atoms with E-state index in [1.807, 2.05) is 12.1 Å². The normalized spacial score (nSPS) is 10.8. The number of hydrogen-bond acceptors (Lipinski definition) is 4. The fourth-order valence-electron chi connectivity index (χ4n) is 2.01. The van der Waals surface area contributed by atoms with Gasteiger partial charge in [0.1, 0.15) is 5.75 Å². The maximum absolute atomic E-state index is 12.1. The van der Waals surface area contributed by atoms with Crippen molar-refractivity contribution >= 4 is 42.8 Å². The molecule has 0 aliphatic carbocycles. The zero-order valence-electron chi connectivity index (χ0n) is 10.9. The number of methoxy groups -OCH3 is 1. The molecule has 0 bridgehead atoms. The molecule has 0 fully saturated rings. The Morgan fingerprint density at radius 3 is 2.57 bits per heavy atom. The molecule has 0 aliphatic heterocycles. The van der Waals surface area contributed by atoms with Crippen LogP contribution in [0.2, 0.25) is 0 Å². The Hall–Kier alpha value is -1.66. The number of nitrogens with zero attached hydrogens (tertiary/aromatic N) is 1. The summed E-state index contributed by atoms with van der Waals surface area (Å²) >= 11 is 6.72. The average molecular weight is 411 g/mol. The minimum Gasteiger partial charge on any atom is -0.496 e. The number of hydrogen-bond donors (Lipinski definition) is 0. The summed E-state index contributed by atoms with van der Waals surface area (Å²) in [5.74, 6) is 0.818. The van der Waals surface area contributed by atoms with Crippen molar-refractivity contribution < 1.29 is 9.15 Å². The van der Waals surface area contributed by atoms with Gasteiger partial charge in [0.25, 0.3) is 0 Å². The van der Waals surface area contributed by atoms with Gasteiger partial charge in [0.05, 0.1) is 23.6 Å². The quantitative estimate of drug-likeness (QED) is 0.628. The summed E-state index contributed by atoms with van der Waals surface area (Å²) in [6.45, 7) is 0. The Morgan fingerprint density at radius 2 is 1.81 bits per heavy atom. The fourth-order valence-corrected chi connectivity index (χ4v) is 2.73. The number of halogens is 2. The van der Waals surface area contributed by atoms with Crippen LogP contribution in [0.3, 0.4) is 0 Å². The average Bonchev–Trinajstić information content (AvgIpc) is 2.47. The lowest BCUT2D eigenvalue weighted by Gasteiger charge is -2.08. The first kappa shape index (κ1) is 14.3. The lowest BCUT2D eigenvalue weighted by atomic mass is 10.2. The molecule has 106 valence electrons. The molecule has 0 saturated heterocycles. The van der Waals surface area contributed by atoms with Crippen molar-refractivity contribution in [3.05, 3.63) is 55.8 Å². The maximum Gasteiger partial charge on any atom is 0.347 e. The number of ether oxygens (including phenoxy) is 1. The Morgan fingerprint density at radius 1 is 1.10 bits per heavy atom. The van der Waals surface area contributed by atoms with Crippen molar-refractivity contribution in [2.75, 3.05) is 7.11 Å². The molecule has 3 rings (SSSR count). The molecule has 0 radical (unpaired) electrons. The summed E-state index contributed by atoms with van der Waals surface area (Å²) in [6, 6.07) is 10.7. The largest absolute Gasteiger partial charge is 0.496 e. The van der Waals surface area contributed by atoms with Crippen LogP contribution < -0.4 is 10.4 Å². The van der Waals surface area contributed by atoms with Gasteiger partial charge in [-0.2, -0.15) is 0 Å². The molecule has 3 aromatic rings. The van der Waals surface area contributed by atoms with Crippen LogP contribution in [0.1, 0.15) is 0 Å². The van der Waals surface area contributed by atoms with Crippen LogP contribution in [-0.2, 0) is 0 Å². The predicted octanol–water partition coefficient (Wildman–Crippen LogP) is 4.39. The van der Waals surface area contributed by atoms with Crippen molar-refractivity contribution in [3.63, 3.8) is 0 Å². The maximum atomic E-state index is 12.1. The molecule has 0 unspecified atom stereocenters. The van der Waals surface area contributed by atoms with Gasteiger partial charge in [-0.05, 0) is 36.4 Å². The highest BCUT2D eigenvalue weighted by Crippen LogP contribution is 2.31. The van der Waals surface area contributed by atoms with Crippen molar-refractivity contribution in [1.29, 1.82) is 0 Å². The SMILES string of the molecule is COc1ccc(Br)cc1-c1nc2ccc(Br)cc2c(=O)o1. The Balaban J connectivity index is 2.29. The molecule has 0 amide bonds. The molecule has 4 nitrogen and oxygen atoms in total. The van der Waals surface area contributed by atoms with E-state index in [2.05, 4.69) is 36.8 Å². The standard InChI is InChI=1S/C15H9Br2NO3/c1-20-13-5-3-9(17)7-11(13)14-18-12-4-2-8(16)6-10(12)15(19)21-14/h2-7H,1H3. The smallest absolute Gasteiger partial charge is 0.347 e. The topological polar surface area (TPSA) is 52.3 Å². The highest BCUT2D eigenvalue weighted by atomic mass is 79.9. The second kappa shape index (κ2) is 5.61. The minimum atomic E-state index is -0.432. The monoisotopic (exact) mass is 409 g/mol. The van der Waals surface area contributed by atoms with Crippen molar-refractivity contribution in [2.45, 2.75) is 0 Å². The first-order valence-electron chi connectivity index (χ1n) is 6.03. The summed E-state index contributed by atoms with van der Waals surface area (Å²) in [6.07, 6.45) is 0. The van der Waals surface area contributed by atoms with Crippen LogP contribution in [-0.4, -0.2) is 12.1 Å². The summed E-state index contributed by atoms with van der Waals surface area (Å²) in [5, 5.41) is 0.432. The van der Waals surface area contributed by atoms with Crippen LogP contribution in [0.25, 0.3) is 22.4 Å². The molecule has 0 aliphatic rings. The van der Waals surface area contributed by atoms with E-state index in [0.29, 0.717) is 22.2 Å². The Bertz CT molecular complexity index is 890. The van der Waals surface area contributed by atoms with E-state index in [1.54, 1.807) is 31.4 Å². The minimum absolute atomic E-state index is 0.230. The first-order chi connectivity index (χ1) is 10.1. The summed E-state index contributed by atoms with van der Waals surface area (Å²) < 4.78 is 12.3. The molecule has 0 N–H and O–H groups in total. The molecule has 1 aromatic heterocycles. The zero-order valence-corrected chi connectivity index (χ0v) is 14.1. The lowest BCUT2D eigenvalue weighted by molar-refractivity contribution is 0.413. The summed E-state index contributed by atoms with van der Waals surface area (Å²) in [7, 11) is 1.56. The second-order valence-electron chi connectivity index (χ2n) is 4.31. The molecule has 1 heterocycles. The van der Waals surface area contributed by atoms with Gasteiger partial charge in [-0.3, -0.25) is 0 Å². The van der Waals surface area contributed by atoms with Crippen molar-refractivity contribution in [2.24, 2.45) is 0 Å². The molecular formula is C15H9Br2NO3. The molecule has 0 atom stereocenters. The highest BCUT2D eigenvalue weighted by Gasteiger charge is 2.13. The Kier molecular flexibility index (Phi) is 3.82. The first-order valence-corrected chi connectivity index (χ1v) is 7.61. The lowest BCUT2D eigenvalue weighted by Crippen LogP contribution is -2.03. The second-order valence-corrected chi connectivity index (χ2v) is 6.14. The predicted molar refractivity (Wildman–Crippen MR) is 87.7 cm³/mol. The fraction of sp³-hybridized carbons (Fsp3) is 0.0667. The van der Waals surface area contributed by atoms with Gasteiger partial charge in [-0.1, -0.05) is 31.9 Å². The molecule has 0 spiro atoms. The molecule has 0 saturated carbocycles. The highest BCUT2D eigenvalue weighted by molar-refractivity contribution is 9.10. The molecule has 2 aromatic carbocycles. The van der Waals surface area contributed by atoms with Crippen LogP contribution in [0.4, 0.5) is 0 Å². The van der Waals surface area contributed by atoms with Crippen LogP contribution >= 0.6 is 31.9 Å². The van der Waals surface area contributed by atoms with Crippen molar-refractivity contribution in [1.82, 2.24) is 4.98 Å². The molecule has 21 heavy (non-hydrogen) atoms. The van der Waals surface area contributed by atoms with Gasteiger partial charge < -0.3 is 9.15 Å². The van der Waals surface area contributed by atoms with Gasteiger partial charge in [-0.25, -0.2) is 9.78 Å². The Labute approximate surface area is 137 Å². The van der Waals surface area contributed by atoms with E-state index in [4.69, 9.17) is 9.15 Å². The van der Waals surface area contributed by atoms with E-state index in [0.717, 1.165) is 8.95 Å². The number of benzene rings is 2. The van der Waals surface area contributed by atoms with Crippen LogP contribution in [0.5, 0.6) is 5.75 Å². The van der Waals surface area contributed by atoms with Gasteiger partial charge >= 0.3 is 5.63 Å². The molecule has 6 heteroatoms. The van der Waals surface area contributed by atoms with Gasteiger partial charge in [0.2, 0.25) is 5.89 Å².